The maximum Gasteiger partial charge on any atom is 0.227 e. The molecule has 2 aromatic rings. The van der Waals surface area contributed by atoms with Crippen molar-refractivity contribution in [1.29, 1.82) is 0 Å². The van der Waals surface area contributed by atoms with Gasteiger partial charge in [-0.25, -0.2) is 0 Å². The number of hydrogen-bond donors (Lipinski definition) is 2. The Bertz CT molecular complexity index is 842. The highest BCUT2D eigenvalue weighted by Crippen LogP contribution is 2.31. The number of anilines is 1. The van der Waals surface area contributed by atoms with Crippen LogP contribution in [0.3, 0.4) is 0 Å². The summed E-state index contributed by atoms with van der Waals surface area (Å²) in [5, 5.41) is 6.06. The lowest BCUT2D eigenvalue weighted by Gasteiger charge is -2.27. The van der Waals surface area contributed by atoms with Crippen LogP contribution in [0.1, 0.15) is 43.7 Å². The Morgan fingerprint density at radius 1 is 0.931 bits per heavy atom. The number of aryl methyl sites for hydroxylation is 1. The van der Waals surface area contributed by atoms with Crippen molar-refractivity contribution in [3.8, 4) is 5.75 Å². The van der Waals surface area contributed by atoms with Crippen molar-refractivity contribution in [2.24, 2.45) is 11.8 Å². The molecule has 0 atom stereocenters. The molecule has 0 spiro atoms. The van der Waals surface area contributed by atoms with E-state index in [9.17, 15) is 9.59 Å². The molecule has 2 amide bonds. The predicted octanol–water partition coefficient (Wildman–Crippen LogP) is 4.46. The Kier molecular flexibility index (Phi) is 7.28. The quantitative estimate of drug-likeness (QED) is 0.729. The van der Waals surface area contributed by atoms with E-state index < -0.39 is 0 Å². The van der Waals surface area contributed by atoms with Crippen LogP contribution in [0.4, 0.5) is 5.69 Å². The van der Waals surface area contributed by atoms with Crippen LogP contribution >= 0.6 is 0 Å². The van der Waals surface area contributed by atoms with Crippen LogP contribution in [-0.2, 0) is 16.1 Å². The van der Waals surface area contributed by atoms with Crippen LogP contribution in [0.2, 0.25) is 0 Å². The third kappa shape index (κ3) is 5.59. The number of carbonyl (C=O) groups is 2. The van der Waals surface area contributed by atoms with Gasteiger partial charge in [0.25, 0.3) is 0 Å². The smallest absolute Gasteiger partial charge is 0.227 e. The van der Waals surface area contributed by atoms with Crippen molar-refractivity contribution in [2.75, 3.05) is 11.9 Å². The van der Waals surface area contributed by atoms with E-state index in [1.54, 1.807) is 0 Å². The molecule has 3 rings (SSSR count). The summed E-state index contributed by atoms with van der Waals surface area (Å²) in [7, 11) is 0. The number of para-hydroxylation sites is 2. The molecule has 2 N–H and O–H groups in total. The molecule has 0 unspecified atom stereocenters. The Balaban J connectivity index is 1.48. The molecule has 0 heterocycles. The van der Waals surface area contributed by atoms with E-state index in [1.165, 1.54) is 5.56 Å². The molecule has 5 nitrogen and oxygen atoms in total. The van der Waals surface area contributed by atoms with Crippen LogP contribution in [0.25, 0.3) is 0 Å². The molecular weight excluding hydrogens is 364 g/mol. The molecular formula is C24H30N2O3. The Morgan fingerprint density at radius 2 is 1.55 bits per heavy atom. The minimum atomic E-state index is -0.0647. The summed E-state index contributed by atoms with van der Waals surface area (Å²) in [6.07, 6.45) is 2.94. The minimum absolute atomic E-state index is 0.0101. The summed E-state index contributed by atoms with van der Waals surface area (Å²) in [5.41, 5.74) is 3.03. The molecule has 0 bridgehead atoms. The van der Waals surface area contributed by atoms with Gasteiger partial charge in [0, 0.05) is 18.4 Å². The highest BCUT2D eigenvalue weighted by atomic mass is 16.5. The average Bonchev–Trinajstić information content (AvgIpc) is 2.74. The van der Waals surface area contributed by atoms with Gasteiger partial charge in [0.05, 0.1) is 12.3 Å². The Labute approximate surface area is 172 Å². The molecule has 0 saturated heterocycles. The maximum atomic E-state index is 12.7. The number of benzene rings is 2. The van der Waals surface area contributed by atoms with Crippen molar-refractivity contribution in [1.82, 2.24) is 5.32 Å². The van der Waals surface area contributed by atoms with Gasteiger partial charge < -0.3 is 15.4 Å². The lowest BCUT2D eigenvalue weighted by molar-refractivity contribution is -0.128. The van der Waals surface area contributed by atoms with Crippen molar-refractivity contribution < 1.29 is 14.3 Å². The normalized spacial score (nSPS) is 18.7. The minimum Gasteiger partial charge on any atom is -0.492 e. The topological polar surface area (TPSA) is 67.4 Å². The van der Waals surface area contributed by atoms with E-state index in [-0.39, 0.29) is 23.7 Å². The molecule has 0 aliphatic heterocycles. The third-order valence-electron chi connectivity index (χ3n) is 5.63. The predicted molar refractivity (Wildman–Crippen MR) is 115 cm³/mol. The van der Waals surface area contributed by atoms with Gasteiger partial charge in [0.15, 0.2) is 0 Å². The molecule has 29 heavy (non-hydrogen) atoms. The first kappa shape index (κ1) is 20.9. The number of nitrogens with one attached hydrogen (secondary N) is 2. The zero-order valence-electron chi connectivity index (χ0n) is 17.2. The number of ether oxygens (including phenoxy) is 1. The van der Waals surface area contributed by atoms with Gasteiger partial charge in [-0.05, 0) is 62.8 Å². The van der Waals surface area contributed by atoms with Gasteiger partial charge in [-0.3, -0.25) is 9.59 Å². The van der Waals surface area contributed by atoms with E-state index in [0.717, 1.165) is 31.2 Å². The molecule has 154 valence electrons. The zero-order valence-corrected chi connectivity index (χ0v) is 17.2. The highest BCUT2D eigenvalue weighted by Gasteiger charge is 2.30. The Hall–Kier alpha value is -2.82. The zero-order chi connectivity index (χ0) is 20.6. The largest absolute Gasteiger partial charge is 0.492 e. The van der Waals surface area contributed by atoms with Crippen molar-refractivity contribution in [3.63, 3.8) is 0 Å². The molecule has 1 aliphatic rings. The van der Waals surface area contributed by atoms with Crippen LogP contribution in [0.5, 0.6) is 5.75 Å². The molecule has 1 saturated carbocycles. The first-order valence-electron chi connectivity index (χ1n) is 10.4. The monoisotopic (exact) mass is 394 g/mol. The van der Waals surface area contributed by atoms with E-state index in [1.807, 2.05) is 49.4 Å². The standard InChI is InChI=1S/C24H30N2O3/c1-3-29-22-11-7-6-10-21(22)26-24(28)19-14-12-18(13-15-19)23(27)25-16-20-9-5-4-8-17(20)2/h4-11,18-19H,3,12-16H2,1-2H3,(H,25,27)(H,26,28). The SMILES string of the molecule is CCOc1ccccc1NC(=O)C1CCC(C(=O)NCc2ccccc2C)CC1. The summed E-state index contributed by atoms with van der Waals surface area (Å²) in [5.74, 6) is 0.709. The second-order valence-corrected chi connectivity index (χ2v) is 7.61. The van der Waals surface area contributed by atoms with Crippen molar-refractivity contribution in [2.45, 2.75) is 46.1 Å². The number of hydrogen-bond acceptors (Lipinski definition) is 3. The third-order valence-corrected chi connectivity index (χ3v) is 5.63. The van der Waals surface area contributed by atoms with Crippen LogP contribution in [0, 0.1) is 18.8 Å². The van der Waals surface area contributed by atoms with Gasteiger partial charge in [-0.1, -0.05) is 36.4 Å². The average molecular weight is 395 g/mol. The maximum absolute atomic E-state index is 12.7. The lowest BCUT2D eigenvalue weighted by Crippen LogP contribution is -2.35. The van der Waals surface area contributed by atoms with Gasteiger partial charge in [-0.15, -0.1) is 0 Å². The number of amides is 2. The summed E-state index contributed by atoms with van der Waals surface area (Å²) in [6, 6.07) is 15.6. The highest BCUT2D eigenvalue weighted by molar-refractivity contribution is 5.94. The van der Waals surface area contributed by atoms with Gasteiger partial charge in [-0.2, -0.15) is 0 Å². The first-order valence-corrected chi connectivity index (χ1v) is 10.4. The van der Waals surface area contributed by atoms with E-state index in [0.29, 0.717) is 24.6 Å². The van der Waals surface area contributed by atoms with Crippen LogP contribution < -0.4 is 15.4 Å². The fourth-order valence-electron chi connectivity index (χ4n) is 3.84. The van der Waals surface area contributed by atoms with Gasteiger partial charge in [0.2, 0.25) is 11.8 Å². The van der Waals surface area contributed by atoms with Gasteiger partial charge >= 0.3 is 0 Å². The fraction of sp³-hybridized carbons (Fsp3) is 0.417. The van der Waals surface area contributed by atoms with Crippen LogP contribution in [0.15, 0.2) is 48.5 Å². The Morgan fingerprint density at radius 3 is 2.24 bits per heavy atom. The fourth-order valence-corrected chi connectivity index (χ4v) is 3.84. The van der Waals surface area contributed by atoms with Crippen molar-refractivity contribution >= 4 is 17.5 Å². The lowest BCUT2D eigenvalue weighted by atomic mass is 9.81. The molecule has 5 heteroatoms. The second-order valence-electron chi connectivity index (χ2n) is 7.61. The summed E-state index contributed by atoms with van der Waals surface area (Å²) in [6.45, 7) is 5.08. The molecule has 2 aromatic carbocycles. The van der Waals surface area contributed by atoms with Crippen LogP contribution in [-0.4, -0.2) is 18.4 Å². The molecule has 1 aliphatic carbocycles. The van der Waals surface area contributed by atoms with Gasteiger partial charge in [0.1, 0.15) is 5.75 Å². The van der Waals surface area contributed by atoms with Crippen molar-refractivity contribution in [3.05, 3.63) is 59.7 Å². The molecule has 1 fully saturated rings. The number of carbonyl (C=O) groups excluding carboxylic acids is 2. The summed E-state index contributed by atoms with van der Waals surface area (Å²) in [4.78, 5) is 25.2. The summed E-state index contributed by atoms with van der Waals surface area (Å²) < 4.78 is 5.58. The molecule has 0 radical (unpaired) electrons. The first-order chi connectivity index (χ1) is 14.1. The molecule has 0 aromatic heterocycles. The van der Waals surface area contributed by atoms with E-state index in [4.69, 9.17) is 4.74 Å². The summed E-state index contributed by atoms with van der Waals surface area (Å²) >= 11 is 0. The number of rotatable bonds is 7. The van der Waals surface area contributed by atoms with E-state index >= 15 is 0 Å². The van der Waals surface area contributed by atoms with E-state index in [2.05, 4.69) is 23.6 Å². The second kappa shape index (κ2) is 10.1.